The van der Waals surface area contributed by atoms with E-state index in [1.807, 2.05) is 11.6 Å². The third-order valence-corrected chi connectivity index (χ3v) is 3.85. The lowest BCUT2D eigenvalue weighted by Crippen LogP contribution is -2.40. The van der Waals surface area contributed by atoms with Crippen LogP contribution in [0, 0.1) is 5.92 Å². The smallest absolute Gasteiger partial charge is 0.310 e. The molecule has 0 radical (unpaired) electrons. The number of ether oxygens (including phenoxy) is 1. The zero-order valence-electron chi connectivity index (χ0n) is 11.6. The molecule has 6 heteroatoms. The Hall–Kier alpha value is -1.43. The summed E-state index contributed by atoms with van der Waals surface area (Å²) in [5, 5.41) is 11.3. The van der Waals surface area contributed by atoms with E-state index in [4.69, 9.17) is 4.74 Å². The van der Waals surface area contributed by atoms with Crippen molar-refractivity contribution in [2.75, 3.05) is 7.11 Å². The molecule has 1 aromatic heterocycles. The molecule has 0 unspecified atom stereocenters. The monoisotopic (exact) mass is 266 g/mol. The predicted molar refractivity (Wildman–Crippen MR) is 70.2 cm³/mol. The van der Waals surface area contributed by atoms with Crippen molar-refractivity contribution in [1.29, 1.82) is 0 Å². The average Bonchev–Trinajstić information content (AvgIpc) is 2.69. The Bertz CT molecular complexity index is 419. The molecule has 0 spiro atoms. The summed E-state index contributed by atoms with van der Waals surface area (Å²) < 4.78 is 6.81. The zero-order chi connectivity index (χ0) is 13.7. The Labute approximate surface area is 113 Å². The van der Waals surface area contributed by atoms with Gasteiger partial charge in [0.15, 0.2) is 0 Å². The first-order valence-corrected chi connectivity index (χ1v) is 6.86. The molecule has 0 aliphatic heterocycles. The topological polar surface area (TPSA) is 69.0 Å². The second-order valence-electron chi connectivity index (χ2n) is 5.11. The van der Waals surface area contributed by atoms with Crippen molar-refractivity contribution in [2.24, 2.45) is 13.0 Å². The molecule has 2 rings (SSSR count). The van der Waals surface area contributed by atoms with Gasteiger partial charge in [0.2, 0.25) is 0 Å². The highest BCUT2D eigenvalue weighted by atomic mass is 16.5. The van der Waals surface area contributed by atoms with Gasteiger partial charge in [-0.3, -0.25) is 4.79 Å². The van der Waals surface area contributed by atoms with Crippen LogP contribution in [0.4, 0.5) is 0 Å². The SMILES string of the molecule is COC(=O)[C@H]1CCCCC[C@@H]1NCc1nncn1C. The normalized spacial score (nSPS) is 23.9. The molecule has 0 saturated heterocycles. The molecule has 0 aromatic carbocycles. The van der Waals surface area contributed by atoms with Crippen LogP contribution >= 0.6 is 0 Å². The van der Waals surface area contributed by atoms with E-state index in [9.17, 15) is 4.79 Å². The first-order chi connectivity index (χ1) is 9.22. The number of aromatic nitrogens is 3. The van der Waals surface area contributed by atoms with Gasteiger partial charge in [-0.1, -0.05) is 19.3 Å². The second kappa shape index (κ2) is 6.65. The summed E-state index contributed by atoms with van der Waals surface area (Å²) in [6, 6.07) is 0.173. The Balaban J connectivity index is 1.98. The maximum Gasteiger partial charge on any atom is 0.310 e. The van der Waals surface area contributed by atoms with E-state index in [-0.39, 0.29) is 17.9 Å². The predicted octanol–water partition coefficient (Wildman–Crippen LogP) is 1.03. The van der Waals surface area contributed by atoms with Crippen LogP contribution < -0.4 is 5.32 Å². The molecule has 1 heterocycles. The number of nitrogens with zero attached hydrogens (tertiary/aromatic N) is 3. The van der Waals surface area contributed by atoms with Gasteiger partial charge in [0.25, 0.3) is 0 Å². The summed E-state index contributed by atoms with van der Waals surface area (Å²) in [6.07, 6.45) is 7.05. The van der Waals surface area contributed by atoms with Crippen LogP contribution in [0.15, 0.2) is 6.33 Å². The first-order valence-electron chi connectivity index (χ1n) is 6.86. The van der Waals surface area contributed by atoms with E-state index in [2.05, 4.69) is 15.5 Å². The van der Waals surface area contributed by atoms with Gasteiger partial charge in [-0.15, -0.1) is 10.2 Å². The summed E-state index contributed by atoms with van der Waals surface area (Å²) in [5.41, 5.74) is 0. The summed E-state index contributed by atoms with van der Waals surface area (Å²) in [7, 11) is 3.38. The van der Waals surface area contributed by atoms with Gasteiger partial charge < -0.3 is 14.6 Å². The number of carbonyl (C=O) groups is 1. The molecule has 2 atom stereocenters. The lowest BCUT2D eigenvalue weighted by atomic mass is 9.95. The molecule has 1 saturated carbocycles. The van der Waals surface area contributed by atoms with Crippen molar-refractivity contribution >= 4 is 5.97 Å². The van der Waals surface area contributed by atoms with Gasteiger partial charge in [0, 0.05) is 13.1 Å². The molecule has 6 nitrogen and oxygen atoms in total. The van der Waals surface area contributed by atoms with E-state index in [0.29, 0.717) is 6.54 Å². The number of methoxy groups -OCH3 is 1. The Morgan fingerprint density at radius 2 is 2.26 bits per heavy atom. The van der Waals surface area contributed by atoms with E-state index >= 15 is 0 Å². The summed E-state index contributed by atoms with van der Waals surface area (Å²) in [5.74, 6) is 0.742. The van der Waals surface area contributed by atoms with Crippen molar-refractivity contribution in [1.82, 2.24) is 20.1 Å². The van der Waals surface area contributed by atoms with Crippen LogP contribution in [0.1, 0.15) is 37.9 Å². The third kappa shape index (κ3) is 3.53. The molecule has 1 aromatic rings. The third-order valence-electron chi connectivity index (χ3n) is 3.85. The van der Waals surface area contributed by atoms with Crippen molar-refractivity contribution in [3.63, 3.8) is 0 Å². The van der Waals surface area contributed by atoms with Crippen molar-refractivity contribution in [3.05, 3.63) is 12.2 Å². The highest BCUT2D eigenvalue weighted by Gasteiger charge is 2.30. The van der Waals surface area contributed by atoms with E-state index < -0.39 is 0 Å². The van der Waals surface area contributed by atoms with Gasteiger partial charge in [0.05, 0.1) is 19.6 Å². The minimum absolute atomic E-state index is 0.0410. The van der Waals surface area contributed by atoms with Crippen LogP contribution in [0.25, 0.3) is 0 Å². The highest BCUT2D eigenvalue weighted by molar-refractivity contribution is 5.73. The van der Waals surface area contributed by atoms with Crippen molar-refractivity contribution in [2.45, 2.75) is 44.7 Å². The quantitative estimate of drug-likeness (QED) is 0.651. The second-order valence-corrected chi connectivity index (χ2v) is 5.11. The Kier molecular flexibility index (Phi) is 4.90. The first kappa shape index (κ1) is 14.0. The van der Waals surface area contributed by atoms with Gasteiger partial charge in [-0.2, -0.15) is 0 Å². The van der Waals surface area contributed by atoms with Gasteiger partial charge >= 0.3 is 5.97 Å². The standard InChI is InChI=1S/C13H22N4O2/c1-17-9-15-16-12(17)8-14-11-7-5-3-4-6-10(11)13(18)19-2/h9-11,14H,3-8H2,1-2H3/t10-,11-/m0/s1. The molecule has 1 N–H and O–H groups in total. The maximum atomic E-state index is 11.9. The molecule has 106 valence electrons. The van der Waals surface area contributed by atoms with Crippen LogP contribution in [0.2, 0.25) is 0 Å². The zero-order valence-corrected chi connectivity index (χ0v) is 11.6. The highest BCUT2D eigenvalue weighted by Crippen LogP contribution is 2.24. The number of esters is 1. The van der Waals surface area contributed by atoms with Gasteiger partial charge in [-0.25, -0.2) is 0 Å². The van der Waals surface area contributed by atoms with Gasteiger partial charge in [0.1, 0.15) is 12.2 Å². The van der Waals surface area contributed by atoms with E-state index in [1.165, 1.54) is 13.5 Å². The average molecular weight is 266 g/mol. The number of carbonyl (C=O) groups excluding carboxylic acids is 1. The summed E-state index contributed by atoms with van der Waals surface area (Å²) in [6.45, 7) is 0.634. The van der Waals surface area contributed by atoms with Crippen molar-refractivity contribution < 1.29 is 9.53 Å². The minimum atomic E-state index is -0.0997. The van der Waals surface area contributed by atoms with Crippen LogP contribution in [-0.2, 0) is 23.1 Å². The lowest BCUT2D eigenvalue weighted by Gasteiger charge is -2.23. The Morgan fingerprint density at radius 3 is 2.95 bits per heavy atom. The molecular weight excluding hydrogens is 244 g/mol. The molecule has 1 aliphatic rings. The largest absolute Gasteiger partial charge is 0.469 e. The molecule has 1 aliphatic carbocycles. The fourth-order valence-electron chi connectivity index (χ4n) is 2.68. The van der Waals surface area contributed by atoms with Crippen molar-refractivity contribution in [3.8, 4) is 0 Å². The number of rotatable bonds is 4. The van der Waals surface area contributed by atoms with E-state index in [1.54, 1.807) is 6.33 Å². The van der Waals surface area contributed by atoms with Crippen LogP contribution in [0.3, 0.4) is 0 Å². The number of hydrogen-bond acceptors (Lipinski definition) is 5. The summed E-state index contributed by atoms with van der Waals surface area (Å²) >= 11 is 0. The molecule has 0 amide bonds. The van der Waals surface area contributed by atoms with Crippen LogP contribution in [0.5, 0.6) is 0 Å². The fraction of sp³-hybridized carbons (Fsp3) is 0.769. The lowest BCUT2D eigenvalue weighted by molar-refractivity contribution is -0.146. The van der Waals surface area contributed by atoms with E-state index in [0.717, 1.165) is 31.5 Å². The molecule has 1 fully saturated rings. The summed E-state index contributed by atoms with van der Waals surface area (Å²) in [4.78, 5) is 11.9. The Morgan fingerprint density at radius 1 is 1.47 bits per heavy atom. The maximum absolute atomic E-state index is 11.9. The van der Waals surface area contributed by atoms with Gasteiger partial charge in [-0.05, 0) is 12.8 Å². The van der Waals surface area contributed by atoms with Crippen LogP contribution in [-0.4, -0.2) is 33.9 Å². The molecule has 0 bridgehead atoms. The minimum Gasteiger partial charge on any atom is -0.469 e. The number of nitrogens with one attached hydrogen (secondary N) is 1. The molecule has 19 heavy (non-hydrogen) atoms. The molecular formula is C13H22N4O2. The number of hydrogen-bond donors (Lipinski definition) is 1. The fourth-order valence-corrected chi connectivity index (χ4v) is 2.68. The number of aryl methyl sites for hydroxylation is 1.